The van der Waals surface area contributed by atoms with Gasteiger partial charge >= 0.3 is 33.6 Å². The van der Waals surface area contributed by atoms with Crippen molar-refractivity contribution in [3.63, 3.8) is 0 Å². The van der Waals surface area contributed by atoms with Gasteiger partial charge in [0.15, 0.2) is 6.10 Å². The lowest BCUT2D eigenvalue weighted by Crippen LogP contribution is -2.30. The van der Waals surface area contributed by atoms with Crippen LogP contribution in [0.25, 0.3) is 0 Å². The molecule has 5 unspecified atom stereocenters. The Morgan fingerprint density at radius 1 is 0.349 bits per heavy atom. The van der Waals surface area contributed by atoms with Crippen LogP contribution < -0.4 is 0 Å². The lowest BCUT2D eigenvalue weighted by atomic mass is 10.1. The molecule has 5 atom stereocenters. The SMILES string of the molecule is CC/C=C\C/C=C\C/C=C\C/C=C\C/C=C\C/C=C\CCC(=O)OCC(O)COP(=O)(O)OCC(O)COP(=O)(O)OCC(COC(=O)CCCCCCCCC/C=C\C/C=C\C/C=C\CC)OC(=O)CCCCCCC/C=C\CCCC. The number of carbonyl (C=O) groups is 3. The van der Waals surface area contributed by atoms with E-state index >= 15 is 0 Å². The quantitative estimate of drug-likeness (QED) is 0.0146. The largest absolute Gasteiger partial charge is 0.472 e. The van der Waals surface area contributed by atoms with E-state index in [1.54, 1.807) is 0 Å². The highest BCUT2D eigenvalue weighted by molar-refractivity contribution is 7.47. The van der Waals surface area contributed by atoms with Crippen molar-refractivity contribution >= 4 is 33.6 Å². The zero-order valence-corrected chi connectivity index (χ0v) is 52.6. The summed E-state index contributed by atoms with van der Waals surface area (Å²) in [6, 6.07) is 0. The summed E-state index contributed by atoms with van der Waals surface area (Å²) in [5.74, 6) is -1.69. The summed E-state index contributed by atoms with van der Waals surface area (Å²) < 4.78 is 60.5. The molecule has 0 aliphatic carbocycles. The molecular formula is C65H108O16P2. The number of phosphoric acid groups is 2. The summed E-state index contributed by atoms with van der Waals surface area (Å²) >= 11 is 0. The molecule has 474 valence electrons. The van der Waals surface area contributed by atoms with Crippen LogP contribution in [0.4, 0.5) is 0 Å². The average Bonchev–Trinajstić information content (AvgIpc) is 3.47. The molecule has 18 heteroatoms. The lowest BCUT2D eigenvalue weighted by molar-refractivity contribution is -0.161. The van der Waals surface area contributed by atoms with E-state index in [0.717, 1.165) is 135 Å². The molecule has 0 saturated heterocycles. The summed E-state index contributed by atoms with van der Waals surface area (Å²) in [6.45, 7) is 2.25. The van der Waals surface area contributed by atoms with Crippen LogP contribution in [0.2, 0.25) is 0 Å². The second kappa shape index (κ2) is 58.3. The van der Waals surface area contributed by atoms with E-state index in [-0.39, 0.29) is 19.3 Å². The Morgan fingerprint density at radius 2 is 0.663 bits per heavy atom. The van der Waals surface area contributed by atoms with E-state index in [4.69, 9.17) is 32.3 Å². The van der Waals surface area contributed by atoms with Crippen molar-refractivity contribution in [2.75, 3.05) is 39.6 Å². The second-order valence-electron chi connectivity index (χ2n) is 20.1. The third-order valence-corrected chi connectivity index (χ3v) is 14.1. The van der Waals surface area contributed by atoms with Gasteiger partial charge in [0.05, 0.1) is 26.4 Å². The molecule has 0 aromatic heterocycles. The maximum atomic E-state index is 12.8. The fraction of sp³-hybridized carbons (Fsp3) is 0.646. The van der Waals surface area contributed by atoms with Crippen LogP contribution in [0.15, 0.2) is 122 Å². The van der Waals surface area contributed by atoms with Crippen LogP contribution in [0, 0.1) is 0 Å². The lowest BCUT2D eigenvalue weighted by Gasteiger charge is -2.21. The van der Waals surface area contributed by atoms with Crippen LogP contribution in [0.5, 0.6) is 0 Å². The second-order valence-corrected chi connectivity index (χ2v) is 23.0. The highest BCUT2D eigenvalue weighted by atomic mass is 31.2. The molecule has 0 aromatic carbocycles. The number of hydrogen-bond donors (Lipinski definition) is 4. The number of hydrogen-bond acceptors (Lipinski definition) is 14. The molecule has 0 rings (SSSR count). The van der Waals surface area contributed by atoms with Gasteiger partial charge in [-0.25, -0.2) is 9.13 Å². The summed E-state index contributed by atoms with van der Waals surface area (Å²) in [7, 11) is -9.79. The number of esters is 3. The molecule has 0 aliphatic heterocycles. The molecule has 0 fully saturated rings. The van der Waals surface area contributed by atoms with E-state index < -0.39 is 91.5 Å². The van der Waals surface area contributed by atoms with Gasteiger partial charge in [-0.15, -0.1) is 0 Å². The highest BCUT2D eigenvalue weighted by Gasteiger charge is 2.29. The third-order valence-electron chi connectivity index (χ3n) is 12.2. The Kier molecular flexibility index (Phi) is 55.5. The van der Waals surface area contributed by atoms with Gasteiger partial charge in [-0.1, -0.05) is 206 Å². The van der Waals surface area contributed by atoms with E-state index in [1.807, 2.05) is 18.2 Å². The Hall–Kier alpha value is -4.05. The molecule has 0 bridgehead atoms. The Morgan fingerprint density at radius 3 is 1.10 bits per heavy atom. The van der Waals surface area contributed by atoms with Gasteiger partial charge in [0.25, 0.3) is 0 Å². The fourth-order valence-electron chi connectivity index (χ4n) is 7.47. The molecule has 4 N–H and O–H groups in total. The minimum atomic E-state index is -4.93. The topological polar surface area (TPSA) is 231 Å². The molecule has 0 amide bonds. The maximum Gasteiger partial charge on any atom is 0.472 e. The maximum absolute atomic E-state index is 12.8. The van der Waals surface area contributed by atoms with Gasteiger partial charge < -0.3 is 34.2 Å². The first-order valence-electron chi connectivity index (χ1n) is 30.8. The average molecular weight is 1210 g/mol. The summed E-state index contributed by atoms with van der Waals surface area (Å²) in [6.07, 6.45) is 64.3. The summed E-state index contributed by atoms with van der Waals surface area (Å²) in [4.78, 5) is 58.1. The van der Waals surface area contributed by atoms with Crippen molar-refractivity contribution in [3.05, 3.63) is 122 Å². The van der Waals surface area contributed by atoms with E-state index in [0.29, 0.717) is 25.7 Å². The molecule has 0 saturated carbocycles. The van der Waals surface area contributed by atoms with Crippen molar-refractivity contribution < 1.29 is 75.8 Å². The Labute approximate surface area is 500 Å². The number of carbonyl (C=O) groups excluding carboxylic acids is 3. The molecule has 0 radical (unpaired) electrons. The smallest absolute Gasteiger partial charge is 0.463 e. The van der Waals surface area contributed by atoms with Gasteiger partial charge in [-0.3, -0.25) is 32.5 Å². The monoisotopic (exact) mass is 1210 g/mol. The molecule has 16 nitrogen and oxygen atoms in total. The third kappa shape index (κ3) is 59.5. The number of ether oxygens (including phenoxy) is 3. The fourth-order valence-corrected chi connectivity index (χ4v) is 9.06. The van der Waals surface area contributed by atoms with Crippen LogP contribution in [0.3, 0.4) is 0 Å². The first-order valence-corrected chi connectivity index (χ1v) is 33.8. The first kappa shape index (κ1) is 79.0. The van der Waals surface area contributed by atoms with E-state index in [1.165, 1.54) is 12.8 Å². The summed E-state index contributed by atoms with van der Waals surface area (Å²) in [5.41, 5.74) is 0. The molecule has 0 heterocycles. The van der Waals surface area contributed by atoms with Crippen molar-refractivity contribution in [2.24, 2.45) is 0 Å². The predicted octanol–water partition coefficient (Wildman–Crippen LogP) is 16.3. The minimum absolute atomic E-state index is 0.0572. The Bertz CT molecular complexity index is 2000. The molecule has 83 heavy (non-hydrogen) atoms. The highest BCUT2D eigenvalue weighted by Crippen LogP contribution is 2.45. The van der Waals surface area contributed by atoms with Crippen LogP contribution in [-0.4, -0.2) is 95.9 Å². The molecule has 0 spiro atoms. The Balaban J connectivity index is 4.70. The number of allylic oxidation sites excluding steroid dienone is 20. The zero-order valence-electron chi connectivity index (χ0n) is 50.8. The number of phosphoric ester groups is 2. The van der Waals surface area contributed by atoms with Crippen molar-refractivity contribution in [1.82, 2.24) is 0 Å². The van der Waals surface area contributed by atoms with Crippen molar-refractivity contribution in [3.8, 4) is 0 Å². The van der Waals surface area contributed by atoms with Crippen LogP contribution in [0.1, 0.15) is 213 Å². The van der Waals surface area contributed by atoms with E-state index in [2.05, 4.69) is 124 Å². The van der Waals surface area contributed by atoms with Gasteiger partial charge in [0, 0.05) is 19.3 Å². The number of unbranched alkanes of at least 4 members (excludes halogenated alkanes) is 14. The van der Waals surface area contributed by atoms with Gasteiger partial charge in [-0.2, -0.15) is 0 Å². The van der Waals surface area contributed by atoms with Crippen LogP contribution in [-0.2, 0) is 55.8 Å². The first-order chi connectivity index (χ1) is 40.2. The molecular weight excluding hydrogens is 1100 g/mol. The van der Waals surface area contributed by atoms with Gasteiger partial charge in [-0.05, 0) is 109 Å². The number of rotatable bonds is 57. The zero-order chi connectivity index (χ0) is 61.0. The summed E-state index contributed by atoms with van der Waals surface area (Å²) in [5, 5.41) is 20.4. The van der Waals surface area contributed by atoms with E-state index in [9.17, 15) is 43.5 Å². The minimum Gasteiger partial charge on any atom is -0.463 e. The van der Waals surface area contributed by atoms with Crippen molar-refractivity contribution in [1.29, 1.82) is 0 Å². The van der Waals surface area contributed by atoms with Gasteiger partial charge in [0.1, 0.15) is 25.4 Å². The number of aliphatic hydroxyl groups excluding tert-OH is 2. The molecule has 0 aromatic rings. The normalized spacial score (nSPS) is 15.2. The predicted molar refractivity (Wildman–Crippen MR) is 334 cm³/mol. The van der Waals surface area contributed by atoms with Crippen molar-refractivity contribution in [2.45, 2.75) is 232 Å². The molecule has 0 aliphatic rings. The standard InChI is InChI=1S/C65H108O16P2/c1-4-7-10-13-16-19-22-24-26-28-29-31-33-34-37-39-42-45-48-51-63(68)75-54-60(66)55-77-82(71,72)78-56-61(67)57-79-83(73,74)80-59-62(81-65(70)53-50-47-44-41-36-21-18-15-12-9-6-3)58-76-64(69)52-49-46-43-40-38-35-32-30-27-25-23-20-17-14-11-8-5-2/h7-8,10-11,15-20,24-27,29,31,34,37,42,45,60-62,66-67H,4-6,9,12-14,21-23,28,30,32-33,35-36,38-41,43-44,46-59H2,1-3H3,(H,71,72)(H,73,74)/b10-7-,11-8-,18-15-,19-16-,20-17-,26-24-,27-25-,31-29-,37-34-,45-42-. The van der Waals surface area contributed by atoms with Crippen LogP contribution >= 0.6 is 15.6 Å². The number of aliphatic hydroxyl groups is 2. The van der Waals surface area contributed by atoms with Gasteiger partial charge in [0.2, 0.25) is 0 Å².